The van der Waals surface area contributed by atoms with Crippen molar-refractivity contribution in [3.63, 3.8) is 0 Å². The second-order valence-electron chi connectivity index (χ2n) is 8.36. The van der Waals surface area contributed by atoms with Gasteiger partial charge in [-0.2, -0.15) is 5.26 Å². The Morgan fingerprint density at radius 2 is 2.03 bits per heavy atom. The summed E-state index contributed by atoms with van der Waals surface area (Å²) < 4.78 is 5.15. The first-order chi connectivity index (χ1) is 15.6. The Hall–Kier alpha value is -3.01. The molecule has 1 atom stereocenters. The zero-order valence-corrected chi connectivity index (χ0v) is 19.2. The van der Waals surface area contributed by atoms with Crippen LogP contribution in [0, 0.1) is 18.3 Å². The first-order valence-electron chi connectivity index (χ1n) is 11.7. The number of carbonyl (C=O) groups excluding carboxylic acids is 1. The molecule has 0 radical (unpaired) electrons. The SMILES string of the molecule is CCOC(=O)C[C@H](CCCCCCc1nc2c(cc1C#N)CCCN2)c1cnc(C)nc1. The summed E-state index contributed by atoms with van der Waals surface area (Å²) in [5, 5.41) is 12.9. The molecular weight excluding hydrogens is 402 g/mol. The number of anilines is 1. The molecule has 32 heavy (non-hydrogen) atoms. The van der Waals surface area contributed by atoms with Crippen LogP contribution >= 0.6 is 0 Å². The fourth-order valence-corrected chi connectivity index (χ4v) is 4.17. The van der Waals surface area contributed by atoms with E-state index in [2.05, 4.69) is 21.4 Å². The van der Waals surface area contributed by atoms with Gasteiger partial charge in [-0.3, -0.25) is 4.79 Å². The topological polar surface area (TPSA) is 101 Å². The molecule has 0 saturated heterocycles. The van der Waals surface area contributed by atoms with Gasteiger partial charge in [0.05, 0.1) is 24.3 Å². The number of pyridine rings is 1. The number of aromatic nitrogens is 3. The number of nitrogens with zero attached hydrogens (tertiary/aromatic N) is 4. The lowest BCUT2D eigenvalue weighted by Gasteiger charge is -2.18. The average Bonchev–Trinajstić information content (AvgIpc) is 2.80. The summed E-state index contributed by atoms with van der Waals surface area (Å²) in [6.45, 7) is 5.03. The van der Waals surface area contributed by atoms with Gasteiger partial charge in [0.15, 0.2) is 0 Å². The first kappa shape index (κ1) is 23.6. The summed E-state index contributed by atoms with van der Waals surface area (Å²) in [6, 6.07) is 4.32. The third-order valence-corrected chi connectivity index (χ3v) is 5.92. The van der Waals surface area contributed by atoms with Gasteiger partial charge in [-0.05, 0) is 69.1 Å². The molecule has 2 aromatic heterocycles. The van der Waals surface area contributed by atoms with Gasteiger partial charge < -0.3 is 10.1 Å². The number of carbonyl (C=O) groups is 1. The predicted molar refractivity (Wildman–Crippen MR) is 123 cm³/mol. The van der Waals surface area contributed by atoms with Crippen LogP contribution in [0.2, 0.25) is 0 Å². The molecule has 3 rings (SSSR count). The summed E-state index contributed by atoms with van der Waals surface area (Å²) in [6.07, 6.45) is 11.9. The lowest BCUT2D eigenvalue weighted by Crippen LogP contribution is -2.15. The zero-order chi connectivity index (χ0) is 22.8. The Morgan fingerprint density at radius 3 is 2.78 bits per heavy atom. The summed E-state index contributed by atoms with van der Waals surface area (Å²) in [4.78, 5) is 25.4. The number of nitrogens with one attached hydrogen (secondary N) is 1. The third kappa shape index (κ3) is 6.74. The number of ether oxygens (including phenoxy) is 1. The molecule has 0 spiro atoms. The fourth-order valence-electron chi connectivity index (χ4n) is 4.17. The van der Waals surface area contributed by atoms with Gasteiger partial charge >= 0.3 is 5.97 Å². The van der Waals surface area contributed by atoms with Crippen molar-refractivity contribution in [2.45, 2.75) is 77.6 Å². The lowest BCUT2D eigenvalue weighted by atomic mass is 9.91. The molecule has 0 amide bonds. The van der Waals surface area contributed by atoms with E-state index in [9.17, 15) is 10.1 Å². The largest absolute Gasteiger partial charge is 0.466 e. The van der Waals surface area contributed by atoms with Gasteiger partial charge in [0.25, 0.3) is 0 Å². The summed E-state index contributed by atoms with van der Waals surface area (Å²) in [5.74, 6) is 1.58. The van der Waals surface area contributed by atoms with Crippen LogP contribution in [0.25, 0.3) is 0 Å². The van der Waals surface area contributed by atoms with Crippen LogP contribution in [-0.2, 0) is 22.4 Å². The van der Waals surface area contributed by atoms with E-state index in [0.717, 1.165) is 86.4 Å². The van der Waals surface area contributed by atoms with Crippen LogP contribution in [0.3, 0.4) is 0 Å². The van der Waals surface area contributed by atoms with E-state index in [1.165, 1.54) is 0 Å². The molecule has 1 N–H and O–H groups in total. The summed E-state index contributed by atoms with van der Waals surface area (Å²) in [7, 11) is 0. The van der Waals surface area contributed by atoms with Gasteiger partial charge in [-0.15, -0.1) is 0 Å². The van der Waals surface area contributed by atoms with Crippen LogP contribution in [0.5, 0.6) is 0 Å². The number of rotatable bonds is 11. The minimum absolute atomic E-state index is 0.0771. The second kappa shape index (κ2) is 12.1. The van der Waals surface area contributed by atoms with Crippen LogP contribution in [-0.4, -0.2) is 34.1 Å². The first-order valence-corrected chi connectivity index (χ1v) is 11.7. The zero-order valence-electron chi connectivity index (χ0n) is 19.2. The molecule has 7 nitrogen and oxygen atoms in total. The highest BCUT2D eigenvalue weighted by Gasteiger charge is 2.18. The van der Waals surface area contributed by atoms with Crippen LogP contribution in [0.1, 0.15) is 86.0 Å². The van der Waals surface area contributed by atoms with Crippen molar-refractivity contribution in [1.29, 1.82) is 5.26 Å². The van der Waals surface area contributed by atoms with E-state index in [1.54, 1.807) is 0 Å². The number of hydrogen-bond donors (Lipinski definition) is 1. The molecule has 0 fully saturated rings. The smallest absolute Gasteiger partial charge is 0.306 e. The quantitative estimate of drug-likeness (QED) is 0.405. The molecule has 0 saturated carbocycles. The fraction of sp³-hybridized carbons (Fsp3) is 0.560. The molecule has 0 aromatic carbocycles. The number of unbranched alkanes of at least 4 members (excludes halogenated alkanes) is 3. The standard InChI is InChI=1S/C25H33N5O2/c1-3-32-24(31)14-19(22-16-28-18(2)29-17-22)9-6-4-5-7-11-23-21(15-26)13-20-10-8-12-27-25(20)30-23/h13,16-17,19H,3-12,14H2,1-2H3,(H,27,30)/t19-/m0/s1. The van der Waals surface area contributed by atoms with Crippen molar-refractivity contribution in [2.75, 3.05) is 18.5 Å². The van der Waals surface area contributed by atoms with Crippen molar-refractivity contribution >= 4 is 11.8 Å². The normalized spacial score (nSPS) is 13.5. The Labute approximate surface area is 190 Å². The number of fused-ring (bicyclic) bond motifs is 1. The molecule has 0 unspecified atom stereocenters. The molecule has 0 bridgehead atoms. The minimum atomic E-state index is -0.172. The number of aryl methyl sites for hydroxylation is 3. The predicted octanol–water partition coefficient (Wildman–Crippen LogP) is 4.64. The van der Waals surface area contributed by atoms with Crippen molar-refractivity contribution < 1.29 is 9.53 Å². The monoisotopic (exact) mass is 435 g/mol. The Kier molecular flexibility index (Phi) is 8.97. The molecule has 3 heterocycles. The average molecular weight is 436 g/mol. The molecule has 2 aromatic rings. The molecule has 170 valence electrons. The molecule has 7 heteroatoms. The number of nitriles is 1. The van der Waals surface area contributed by atoms with Crippen molar-refractivity contribution in [1.82, 2.24) is 15.0 Å². The van der Waals surface area contributed by atoms with Crippen LogP contribution in [0.15, 0.2) is 18.5 Å². The minimum Gasteiger partial charge on any atom is -0.466 e. The van der Waals surface area contributed by atoms with Crippen LogP contribution in [0.4, 0.5) is 5.82 Å². The maximum atomic E-state index is 12.0. The highest BCUT2D eigenvalue weighted by Crippen LogP contribution is 2.27. The number of hydrogen-bond acceptors (Lipinski definition) is 7. The third-order valence-electron chi connectivity index (χ3n) is 5.92. The maximum Gasteiger partial charge on any atom is 0.306 e. The Bertz CT molecular complexity index is 937. The van der Waals surface area contributed by atoms with Gasteiger partial charge in [-0.25, -0.2) is 15.0 Å². The maximum absolute atomic E-state index is 12.0. The van der Waals surface area contributed by atoms with Gasteiger partial charge in [0.1, 0.15) is 17.7 Å². The molecule has 1 aliphatic rings. The van der Waals surface area contributed by atoms with Gasteiger partial charge in [-0.1, -0.05) is 19.3 Å². The number of esters is 1. The van der Waals surface area contributed by atoms with Crippen LogP contribution < -0.4 is 5.32 Å². The molecule has 0 aliphatic carbocycles. The summed E-state index contributed by atoms with van der Waals surface area (Å²) in [5.41, 5.74) is 3.76. The second-order valence-corrected chi connectivity index (χ2v) is 8.36. The highest BCUT2D eigenvalue weighted by atomic mass is 16.5. The van der Waals surface area contributed by atoms with E-state index in [0.29, 0.717) is 18.6 Å². The lowest BCUT2D eigenvalue weighted by molar-refractivity contribution is -0.143. The summed E-state index contributed by atoms with van der Waals surface area (Å²) >= 11 is 0. The highest BCUT2D eigenvalue weighted by molar-refractivity contribution is 5.70. The van der Waals surface area contributed by atoms with Gasteiger partial charge in [0, 0.05) is 18.9 Å². The molecule has 1 aliphatic heterocycles. The van der Waals surface area contributed by atoms with Crippen molar-refractivity contribution in [2.24, 2.45) is 0 Å². The van der Waals surface area contributed by atoms with E-state index in [1.807, 2.05) is 32.3 Å². The van der Waals surface area contributed by atoms with Gasteiger partial charge in [0.2, 0.25) is 0 Å². The van der Waals surface area contributed by atoms with E-state index < -0.39 is 0 Å². The van der Waals surface area contributed by atoms with Crippen molar-refractivity contribution in [3.05, 3.63) is 46.7 Å². The Morgan fingerprint density at radius 1 is 1.25 bits per heavy atom. The van der Waals surface area contributed by atoms with E-state index in [-0.39, 0.29) is 11.9 Å². The van der Waals surface area contributed by atoms with E-state index >= 15 is 0 Å². The molecular formula is C25H33N5O2. The Balaban J connectivity index is 1.48. The van der Waals surface area contributed by atoms with Crippen molar-refractivity contribution in [3.8, 4) is 6.07 Å². The van der Waals surface area contributed by atoms with E-state index in [4.69, 9.17) is 9.72 Å².